The molecular formula is C18H17N3O5S. The van der Waals surface area contributed by atoms with Crippen molar-refractivity contribution in [2.45, 2.75) is 18.1 Å². The minimum Gasteiger partial charge on any atom is -0.401 e. The molecule has 0 bridgehead atoms. The van der Waals surface area contributed by atoms with E-state index in [1.807, 2.05) is 13.0 Å². The highest BCUT2D eigenvalue weighted by molar-refractivity contribution is 8.02. The van der Waals surface area contributed by atoms with E-state index in [0.29, 0.717) is 28.4 Å². The summed E-state index contributed by atoms with van der Waals surface area (Å²) in [4.78, 5) is 27.6. The van der Waals surface area contributed by atoms with E-state index < -0.39 is 4.92 Å². The fraction of sp³-hybridized carbons (Fsp3) is 0.222. The number of hydrogen-bond acceptors (Lipinski definition) is 7. The van der Waals surface area contributed by atoms with E-state index in [4.69, 9.17) is 9.15 Å². The number of thioether (sulfide) groups is 1. The molecule has 0 amide bonds. The van der Waals surface area contributed by atoms with Crippen molar-refractivity contribution in [1.82, 2.24) is 9.55 Å². The molecule has 1 aromatic carbocycles. The van der Waals surface area contributed by atoms with Crippen LogP contribution in [0.25, 0.3) is 17.0 Å². The van der Waals surface area contributed by atoms with Gasteiger partial charge in [0.05, 0.1) is 29.6 Å². The summed E-state index contributed by atoms with van der Waals surface area (Å²) in [5.74, 6) is 0.0166. The Bertz CT molecular complexity index is 1060. The second kappa shape index (κ2) is 8.19. The number of ether oxygens (including phenoxy) is 1. The zero-order valence-corrected chi connectivity index (χ0v) is 15.5. The number of hydrogen-bond donors (Lipinski definition) is 0. The zero-order valence-electron chi connectivity index (χ0n) is 14.7. The van der Waals surface area contributed by atoms with Crippen LogP contribution in [0.2, 0.25) is 0 Å². The van der Waals surface area contributed by atoms with E-state index in [1.54, 1.807) is 41.4 Å². The summed E-state index contributed by atoms with van der Waals surface area (Å²) in [6.07, 6.45) is 1.59. The standard InChI is InChI=1S/C18H17N3O5S/c1-12(11-25-2)20-17(22)14-5-3-4-6-15(14)19-18(20)27-10-9-13-7-8-16(26-13)21(23)24/h3-10,12H,11H2,1-2H3/b10-9+. The van der Waals surface area contributed by atoms with Gasteiger partial charge in [0.2, 0.25) is 0 Å². The molecule has 0 aliphatic carbocycles. The van der Waals surface area contributed by atoms with Gasteiger partial charge in [0.25, 0.3) is 5.56 Å². The number of rotatable bonds is 7. The van der Waals surface area contributed by atoms with Crippen molar-refractivity contribution in [2.75, 3.05) is 13.7 Å². The van der Waals surface area contributed by atoms with Crippen LogP contribution in [0.5, 0.6) is 0 Å². The van der Waals surface area contributed by atoms with Gasteiger partial charge in [-0.25, -0.2) is 4.98 Å². The van der Waals surface area contributed by atoms with Gasteiger partial charge in [-0.2, -0.15) is 0 Å². The molecule has 0 saturated carbocycles. The lowest BCUT2D eigenvalue weighted by Crippen LogP contribution is -2.28. The summed E-state index contributed by atoms with van der Waals surface area (Å²) in [5, 5.41) is 13.4. The van der Waals surface area contributed by atoms with Gasteiger partial charge in [-0.3, -0.25) is 19.5 Å². The lowest BCUT2D eigenvalue weighted by atomic mass is 10.2. The van der Waals surface area contributed by atoms with Crippen LogP contribution in [0.4, 0.5) is 5.88 Å². The molecule has 0 aliphatic rings. The van der Waals surface area contributed by atoms with Crippen molar-refractivity contribution < 1.29 is 14.1 Å². The Morgan fingerprint density at radius 1 is 1.37 bits per heavy atom. The summed E-state index contributed by atoms with van der Waals surface area (Å²) in [6, 6.07) is 9.73. The molecule has 0 fully saturated rings. The Hall–Kier alpha value is -2.91. The topological polar surface area (TPSA) is 100 Å². The molecule has 2 aromatic heterocycles. The van der Waals surface area contributed by atoms with E-state index >= 15 is 0 Å². The quantitative estimate of drug-likeness (QED) is 0.262. The van der Waals surface area contributed by atoms with Crippen LogP contribution < -0.4 is 5.56 Å². The van der Waals surface area contributed by atoms with Crippen molar-refractivity contribution in [3.63, 3.8) is 0 Å². The zero-order chi connectivity index (χ0) is 19.4. The Balaban J connectivity index is 1.96. The summed E-state index contributed by atoms with van der Waals surface area (Å²) < 4.78 is 11.9. The Labute approximate surface area is 158 Å². The lowest BCUT2D eigenvalue weighted by Gasteiger charge is -2.18. The second-order valence-corrected chi connectivity index (χ2v) is 6.62. The number of para-hydroxylation sites is 1. The normalized spacial score (nSPS) is 12.7. The first-order valence-corrected chi connectivity index (χ1v) is 8.97. The van der Waals surface area contributed by atoms with Gasteiger partial charge < -0.3 is 9.15 Å². The molecule has 9 heteroatoms. The number of furan rings is 1. The van der Waals surface area contributed by atoms with Crippen LogP contribution in [0.15, 0.2) is 56.2 Å². The summed E-state index contributed by atoms with van der Waals surface area (Å²) >= 11 is 1.23. The predicted octanol–water partition coefficient (Wildman–Crippen LogP) is 3.87. The molecule has 8 nitrogen and oxygen atoms in total. The molecule has 3 aromatic rings. The highest BCUT2D eigenvalue weighted by Gasteiger charge is 2.16. The number of methoxy groups -OCH3 is 1. The van der Waals surface area contributed by atoms with Gasteiger partial charge in [-0.15, -0.1) is 0 Å². The fourth-order valence-electron chi connectivity index (χ4n) is 2.60. The number of nitro groups is 1. The van der Waals surface area contributed by atoms with Crippen molar-refractivity contribution in [2.24, 2.45) is 0 Å². The molecule has 0 spiro atoms. The first-order valence-electron chi connectivity index (χ1n) is 8.09. The molecule has 1 unspecified atom stereocenters. The minimum atomic E-state index is -0.598. The Morgan fingerprint density at radius 2 is 2.15 bits per heavy atom. The maximum absolute atomic E-state index is 12.9. The second-order valence-electron chi connectivity index (χ2n) is 5.74. The largest absolute Gasteiger partial charge is 0.433 e. The Morgan fingerprint density at radius 3 is 2.85 bits per heavy atom. The average molecular weight is 387 g/mol. The van der Waals surface area contributed by atoms with Gasteiger partial charge >= 0.3 is 5.88 Å². The van der Waals surface area contributed by atoms with Crippen LogP contribution >= 0.6 is 11.8 Å². The van der Waals surface area contributed by atoms with Gasteiger partial charge in [0.15, 0.2) is 5.16 Å². The average Bonchev–Trinajstić information content (AvgIpc) is 3.11. The Kier molecular flexibility index (Phi) is 5.72. The molecule has 140 valence electrons. The minimum absolute atomic E-state index is 0.144. The van der Waals surface area contributed by atoms with Crippen molar-refractivity contribution in [3.8, 4) is 0 Å². The first kappa shape index (κ1) is 18.9. The number of benzene rings is 1. The molecule has 3 rings (SSSR count). The van der Waals surface area contributed by atoms with Gasteiger partial charge in [-0.1, -0.05) is 23.9 Å². The van der Waals surface area contributed by atoms with Crippen LogP contribution in [-0.2, 0) is 4.74 Å². The third-order valence-corrected chi connectivity index (χ3v) is 4.59. The van der Waals surface area contributed by atoms with Gasteiger partial charge in [0.1, 0.15) is 10.7 Å². The number of aromatic nitrogens is 2. The van der Waals surface area contributed by atoms with Gasteiger partial charge in [0, 0.05) is 7.11 Å². The van der Waals surface area contributed by atoms with Crippen LogP contribution in [0.1, 0.15) is 18.7 Å². The van der Waals surface area contributed by atoms with E-state index in [9.17, 15) is 14.9 Å². The molecule has 0 aliphatic heterocycles. The third-order valence-electron chi connectivity index (χ3n) is 3.82. The van der Waals surface area contributed by atoms with Crippen LogP contribution in [-0.4, -0.2) is 28.2 Å². The SMILES string of the molecule is COCC(C)n1c(S/C=C/c2ccc([N+](=O)[O-])o2)nc2ccccc2c1=O. The first-order chi connectivity index (χ1) is 13.0. The highest BCUT2D eigenvalue weighted by Crippen LogP contribution is 2.24. The summed E-state index contributed by atoms with van der Waals surface area (Å²) in [5.41, 5.74) is 0.461. The third kappa shape index (κ3) is 4.09. The summed E-state index contributed by atoms with van der Waals surface area (Å²) in [6.45, 7) is 2.24. The molecule has 2 heterocycles. The smallest absolute Gasteiger partial charge is 0.401 e. The van der Waals surface area contributed by atoms with E-state index in [-0.39, 0.29) is 17.5 Å². The molecule has 0 radical (unpaired) electrons. The van der Waals surface area contributed by atoms with Crippen molar-refractivity contribution in [1.29, 1.82) is 0 Å². The van der Waals surface area contributed by atoms with Crippen molar-refractivity contribution >= 4 is 34.6 Å². The van der Waals surface area contributed by atoms with Crippen LogP contribution in [0, 0.1) is 10.1 Å². The molecule has 27 heavy (non-hydrogen) atoms. The molecular weight excluding hydrogens is 370 g/mol. The number of nitrogens with zero attached hydrogens (tertiary/aromatic N) is 3. The summed E-state index contributed by atoms with van der Waals surface area (Å²) in [7, 11) is 1.58. The predicted molar refractivity (Wildman–Crippen MR) is 103 cm³/mol. The monoisotopic (exact) mass is 387 g/mol. The molecule has 0 N–H and O–H groups in total. The molecule has 0 saturated heterocycles. The van der Waals surface area contributed by atoms with E-state index in [1.165, 1.54) is 23.9 Å². The highest BCUT2D eigenvalue weighted by atomic mass is 32.2. The molecule has 1 atom stereocenters. The van der Waals surface area contributed by atoms with Crippen LogP contribution in [0.3, 0.4) is 0 Å². The maximum atomic E-state index is 12.9. The van der Waals surface area contributed by atoms with E-state index in [2.05, 4.69) is 4.98 Å². The lowest BCUT2D eigenvalue weighted by molar-refractivity contribution is -0.402. The fourth-order valence-corrected chi connectivity index (χ4v) is 3.46. The number of fused-ring (bicyclic) bond motifs is 1. The van der Waals surface area contributed by atoms with Gasteiger partial charge in [-0.05, 0) is 36.6 Å². The van der Waals surface area contributed by atoms with E-state index in [0.717, 1.165) is 0 Å². The van der Waals surface area contributed by atoms with Crippen molar-refractivity contribution in [3.05, 3.63) is 68.0 Å². The maximum Gasteiger partial charge on any atom is 0.433 e.